The minimum atomic E-state index is -1.25. The molecule has 1 aromatic carbocycles. The first kappa shape index (κ1) is 19.0. The lowest BCUT2D eigenvalue weighted by Gasteiger charge is -2.36. The largest absolute Gasteiger partial charge is 0.412 e. The summed E-state index contributed by atoms with van der Waals surface area (Å²) in [5.74, 6) is 0.198. The van der Waals surface area contributed by atoms with Gasteiger partial charge in [0.25, 0.3) is 0 Å². The van der Waals surface area contributed by atoms with E-state index < -0.39 is 14.5 Å². The number of aromatic nitrogens is 2. The lowest BCUT2D eigenvalue weighted by Crippen LogP contribution is -2.33. The summed E-state index contributed by atoms with van der Waals surface area (Å²) in [7, 11) is -1.25. The normalized spacial score (nSPS) is 20.5. The van der Waals surface area contributed by atoms with Gasteiger partial charge in [-0.05, 0) is 24.1 Å². The van der Waals surface area contributed by atoms with Gasteiger partial charge in [0.15, 0.2) is 14.8 Å². The van der Waals surface area contributed by atoms with Crippen LogP contribution < -0.4 is 0 Å². The van der Waals surface area contributed by atoms with Gasteiger partial charge < -0.3 is 8.99 Å². The van der Waals surface area contributed by atoms with Crippen molar-refractivity contribution in [2.75, 3.05) is 0 Å². The van der Waals surface area contributed by atoms with Crippen molar-refractivity contribution in [1.29, 1.82) is 0 Å². The number of ketones is 1. The lowest BCUT2D eigenvalue weighted by atomic mass is 9.83. The van der Waals surface area contributed by atoms with Crippen LogP contribution in [-0.2, 0) is 4.43 Å². The molecule has 1 aliphatic carbocycles. The first-order chi connectivity index (χ1) is 12.0. The van der Waals surface area contributed by atoms with Crippen molar-refractivity contribution in [1.82, 2.24) is 9.55 Å². The van der Waals surface area contributed by atoms with E-state index in [0.29, 0.717) is 0 Å². The second-order valence-electron chi connectivity index (χ2n) is 9.20. The SMILES string of the molecule is C[SiH](C)OC(c1cncn1C1c2ccccc2C(=O)C1(C)C)C(C)(C)C. The molecular weight excluding hydrogens is 340 g/mol. The van der Waals surface area contributed by atoms with Gasteiger partial charge in [-0.3, -0.25) is 4.79 Å². The van der Waals surface area contributed by atoms with E-state index in [9.17, 15) is 4.79 Å². The molecule has 1 aromatic heterocycles. The van der Waals surface area contributed by atoms with Gasteiger partial charge in [-0.2, -0.15) is 0 Å². The molecule has 0 saturated heterocycles. The van der Waals surface area contributed by atoms with E-state index in [4.69, 9.17) is 4.43 Å². The van der Waals surface area contributed by atoms with Crippen LogP contribution in [0.5, 0.6) is 0 Å². The van der Waals surface area contributed by atoms with E-state index in [0.717, 1.165) is 16.8 Å². The average Bonchev–Trinajstić information content (AvgIpc) is 3.06. The monoisotopic (exact) mass is 370 g/mol. The minimum absolute atomic E-state index is 0.0460. The number of imidazole rings is 1. The first-order valence-electron chi connectivity index (χ1n) is 9.36. The zero-order valence-electron chi connectivity index (χ0n) is 16.9. The molecule has 0 radical (unpaired) electrons. The highest BCUT2D eigenvalue weighted by atomic mass is 28.3. The number of hydrogen-bond donors (Lipinski definition) is 0. The van der Waals surface area contributed by atoms with Gasteiger partial charge in [0.1, 0.15) is 0 Å². The quantitative estimate of drug-likeness (QED) is 0.727. The predicted octanol–water partition coefficient (Wildman–Crippen LogP) is 4.78. The molecule has 0 saturated carbocycles. The number of fused-ring (bicyclic) bond motifs is 1. The van der Waals surface area contributed by atoms with Crippen LogP contribution in [0.4, 0.5) is 0 Å². The van der Waals surface area contributed by atoms with Crippen molar-refractivity contribution in [3.63, 3.8) is 0 Å². The molecule has 1 aliphatic rings. The zero-order valence-corrected chi connectivity index (χ0v) is 18.1. The molecule has 140 valence electrons. The number of Topliss-reactive ketones (excluding diaryl/α,β-unsaturated/α-hetero) is 1. The number of benzene rings is 1. The number of hydrogen-bond acceptors (Lipinski definition) is 3. The molecule has 0 spiro atoms. The Kier molecular flexibility index (Phi) is 4.74. The van der Waals surface area contributed by atoms with Crippen molar-refractivity contribution in [3.05, 3.63) is 53.6 Å². The molecular formula is C21H30N2O2Si. The van der Waals surface area contributed by atoms with E-state index in [2.05, 4.69) is 49.5 Å². The third-order valence-electron chi connectivity index (χ3n) is 5.21. The fraction of sp³-hybridized carbons (Fsp3) is 0.524. The molecule has 2 unspecified atom stereocenters. The van der Waals surface area contributed by atoms with Gasteiger partial charge >= 0.3 is 0 Å². The van der Waals surface area contributed by atoms with Gasteiger partial charge in [0.05, 0.1) is 35.8 Å². The van der Waals surface area contributed by atoms with Gasteiger partial charge in [-0.15, -0.1) is 0 Å². The number of carbonyl (C=O) groups is 1. The van der Waals surface area contributed by atoms with Crippen molar-refractivity contribution in [2.45, 2.75) is 59.9 Å². The van der Waals surface area contributed by atoms with E-state index in [1.54, 1.807) is 0 Å². The molecule has 2 atom stereocenters. The van der Waals surface area contributed by atoms with Crippen LogP contribution in [0.3, 0.4) is 0 Å². The van der Waals surface area contributed by atoms with Gasteiger partial charge in [-0.1, -0.05) is 58.9 Å². The fourth-order valence-corrected chi connectivity index (χ4v) is 5.12. The molecule has 4 nitrogen and oxygen atoms in total. The summed E-state index contributed by atoms with van der Waals surface area (Å²) in [5.41, 5.74) is 2.39. The second-order valence-corrected chi connectivity index (χ2v) is 11.6. The Labute approximate surface area is 158 Å². The maximum atomic E-state index is 13.0. The maximum absolute atomic E-state index is 13.0. The standard InChI is InChI=1S/C21H30N2O2Si/c1-20(2,3)19(25-26(6)7)16-12-22-13-23(16)17-14-10-8-9-11-15(14)18(24)21(17,4)5/h8-13,17,19,26H,1-7H3. The summed E-state index contributed by atoms with van der Waals surface area (Å²) in [6.07, 6.45) is 3.73. The summed E-state index contributed by atoms with van der Waals surface area (Å²) in [6, 6.07) is 7.90. The zero-order chi connectivity index (χ0) is 19.3. The summed E-state index contributed by atoms with van der Waals surface area (Å²) in [5, 5.41) is 0. The molecule has 0 amide bonds. The van der Waals surface area contributed by atoms with E-state index in [1.807, 2.05) is 44.6 Å². The number of carbonyl (C=O) groups excluding carboxylic acids is 1. The number of nitrogens with zero attached hydrogens (tertiary/aromatic N) is 2. The van der Waals surface area contributed by atoms with Crippen LogP contribution in [0.25, 0.3) is 0 Å². The second kappa shape index (κ2) is 6.46. The van der Waals surface area contributed by atoms with Crippen LogP contribution in [0, 0.1) is 10.8 Å². The maximum Gasteiger partial charge on any atom is 0.171 e. The topological polar surface area (TPSA) is 44.1 Å². The highest BCUT2D eigenvalue weighted by molar-refractivity contribution is 6.48. The van der Waals surface area contributed by atoms with E-state index in [-0.39, 0.29) is 23.3 Å². The van der Waals surface area contributed by atoms with Crippen molar-refractivity contribution in [2.24, 2.45) is 10.8 Å². The Bertz CT molecular complexity index is 817. The Hall–Kier alpha value is -1.72. The molecule has 0 bridgehead atoms. The third-order valence-corrected chi connectivity index (χ3v) is 6.02. The molecule has 3 rings (SSSR count). The Morgan fingerprint density at radius 1 is 1.23 bits per heavy atom. The molecule has 0 aliphatic heterocycles. The van der Waals surface area contributed by atoms with Crippen LogP contribution in [-0.4, -0.2) is 24.4 Å². The Morgan fingerprint density at radius 3 is 2.50 bits per heavy atom. The van der Waals surface area contributed by atoms with Gasteiger partial charge in [0.2, 0.25) is 0 Å². The van der Waals surface area contributed by atoms with Gasteiger partial charge in [-0.25, -0.2) is 4.98 Å². The predicted molar refractivity (Wildman–Crippen MR) is 107 cm³/mol. The summed E-state index contributed by atoms with van der Waals surface area (Å²) >= 11 is 0. The highest BCUT2D eigenvalue weighted by Crippen LogP contribution is 2.49. The van der Waals surface area contributed by atoms with Crippen LogP contribution in [0.15, 0.2) is 36.8 Å². The minimum Gasteiger partial charge on any atom is -0.412 e. The fourth-order valence-electron chi connectivity index (χ4n) is 4.02. The van der Waals surface area contributed by atoms with Crippen LogP contribution >= 0.6 is 0 Å². The first-order valence-corrected chi connectivity index (χ1v) is 12.1. The highest BCUT2D eigenvalue weighted by Gasteiger charge is 2.48. The lowest BCUT2D eigenvalue weighted by molar-refractivity contribution is 0.0712. The van der Waals surface area contributed by atoms with E-state index >= 15 is 0 Å². The number of rotatable bonds is 4. The van der Waals surface area contributed by atoms with Crippen LogP contribution in [0.1, 0.15) is 68.4 Å². The smallest absolute Gasteiger partial charge is 0.171 e. The molecule has 1 heterocycles. The van der Waals surface area contributed by atoms with Crippen molar-refractivity contribution in [3.8, 4) is 0 Å². The van der Waals surface area contributed by atoms with Crippen molar-refractivity contribution < 1.29 is 9.22 Å². The molecule has 26 heavy (non-hydrogen) atoms. The van der Waals surface area contributed by atoms with Crippen LogP contribution in [0.2, 0.25) is 13.1 Å². The molecule has 2 aromatic rings. The third kappa shape index (κ3) is 3.07. The molecule has 5 heteroatoms. The summed E-state index contributed by atoms with van der Waals surface area (Å²) in [4.78, 5) is 17.5. The average molecular weight is 371 g/mol. The van der Waals surface area contributed by atoms with Gasteiger partial charge in [0, 0.05) is 5.56 Å². The van der Waals surface area contributed by atoms with Crippen molar-refractivity contribution >= 4 is 14.8 Å². The van der Waals surface area contributed by atoms with E-state index in [1.165, 1.54) is 0 Å². The molecule has 0 fully saturated rings. The molecule has 0 N–H and O–H groups in total. The summed E-state index contributed by atoms with van der Waals surface area (Å²) in [6.45, 7) is 15.1. The Morgan fingerprint density at radius 2 is 1.88 bits per heavy atom. The Balaban J connectivity index is 2.15. The summed E-state index contributed by atoms with van der Waals surface area (Å²) < 4.78 is 8.61.